The van der Waals surface area contributed by atoms with Gasteiger partial charge in [-0.25, -0.2) is 4.99 Å². The highest BCUT2D eigenvalue weighted by Gasteiger charge is 2.22. The molecular formula is C30H24ClN3O2. The maximum absolute atomic E-state index is 10.5. The van der Waals surface area contributed by atoms with Crippen molar-refractivity contribution >= 4 is 23.1 Å². The topological polar surface area (TPSA) is 67.1 Å². The lowest BCUT2D eigenvalue weighted by atomic mass is 10.0. The molecule has 0 unspecified atom stereocenters. The molecule has 0 amide bonds. The van der Waals surface area contributed by atoms with Crippen LogP contribution in [0.5, 0.6) is 5.75 Å². The molecule has 1 aliphatic heterocycles. The zero-order valence-corrected chi connectivity index (χ0v) is 20.5. The van der Waals surface area contributed by atoms with Crippen molar-refractivity contribution in [3.05, 3.63) is 118 Å². The summed E-state index contributed by atoms with van der Waals surface area (Å²) in [4.78, 5) is 13.6. The summed E-state index contributed by atoms with van der Waals surface area (Å²) in [7, 11) is 0. The first-order valence-corrected chi connectivity index (χ1v) is 12.2. The van der Waals surface area contributed by atoms with E-state index in [1.54, 1.807) is 18.3 Å². The Labute approximate surface area is 215 Å². The zero-order valence-electron chi connectivity index (χ0n) is 19.8. The average molecular weight is 494 g/mol. The highest BCUT2D eigenvalue weighted by Crippen LogP contribution is 2.32. The number of rotatable bonds is 5. The van der Waals surface area contributed by atoms with E-state index in [-0.39, 0.29) is 12.5 Å². The minimum atomic E-state index is -0.141. The summed E-state index contributed by atoms with van der Waals surface area (Å²) in [5, 5.41) is 11.0. The number of benzene rings is 2. The Morgan fingerprint density at radius 1 is 1.06 bits per heavy atom. The van der Waals surface area contributed by atoms with Gasteiger partial charge >= 0.3 is 0 Å². The quantitative estimate of drug-likeness (QED) is 0.403. The van der Waals surface area contributed by atoms with Crippen LogP contribution < -0.4 is 4.74 Å². The SMILES string of the molecule is C/C=C1/C=C(O)N=C(c2ccc(C#CC3CC3)cc2)N=C1c1c(Cl)cccc1OCc1ccccn1. The molecule has 6 heteroatoms. The number of nitrogens with zero attached hydrogens (tertiary/aromatic N) is 3. The van der Waals surface area contributed by atoms with E-state index in [0.717, 1.165) is 16.8 Å². The number of hydrogen-bond donors (Lipinski definition) is 1. The Balaban J connectivity index is 1.53. The molecule has 2 aromatic carbocycles. The lowest BCUT2D eigenvalue weighted by Crippen LogP contribution is -2.11. The first-order valence-electron chi connectivity index (χ1n) is 11.8. The van der Waals surface area contributed by atoms with E-state index in [2.05, 4.69) is 21.8 Å². The monoisotopic (exact) mass is 493 g/mol. The van der Waals surface area contributed by atoms with Gasteiger partial charge < -0.3 is 9.84 Å². The molecule has 1 aliphatic carbocycles. The summed E-state index contributed by atoms with van der Waals surface area (Å²) in [5.41, 5.74) is 4.34. The maximum atomic E-state index is 10.5. The molecule has 0 bridgehead atoms. The lowest BCUT2D eigenvalue weighted by Gasteiger charge is -2.15. The molecule has 1 fully saturated rings. The number of aliphatic hydroxyl groups excluding tert-OH is 1. The van der Waals surface area contributed by atoms with Crippen molar-refractivity contribution < 1.29 is 9.84 Å². The molecule has 5 rings (SSSR count). The van der Waals surface area contributed by atoms with Crippen molar-refractivity contribution in [3.8, 4) is 17.6 Å². The number of pyridine rings is 1. The third-order valence-corrected chi connectivity index (χ3v) is 6.08. The molecule has 2 aliphatic rings. The second-order valence-electron chi connectivity index (χ2n) is 8.49. The van der Waals surface area contributed by atoms with Crippen LogP contribution in [0.4, 0.5) is 0 Å². The Bertz CT molecular complexity index is 1460. The predicted octanol–water partition coefficient (Wildman–Crippen LogP) is 6.67. The minimum absolute atomic E-state index is 0.141. The molecule has 3 aromatic rings. The number of amidine groups is 1. The molecule has 178 valence electrons. The van der Waals surface area contributed by atoms with Crippen LogP contribution in [0.1, 0.15) is 42.1 Å². The molecule has 36 heavy (non-hydrogen) atoms. The zero-order chi connectivity index (χ0) is 24.9. The molecular weight excluding hydrogens is 470 g/mol. The van der Waals surface area contributed by atoms with Crippen LogP contribution in [0.2, 0.25) is 5.02 Å². The van der Waals surface area contributed by atoms with Crippen LogP contribution in [-0.4, -0.2) is 21.6 Å². The van der Waals surface area contributed by atoms with Crippen molar-refractivity contribution in [2.24, 2.45) is 15.9 Å². The summed E-state index contributed by atoms with van der Waals surface area (Å²) in [6.07, 6.45) is 7.54. The third-order valence-electron chi connectivity index (χ3n) is 5.76. The van der Waals surface area contributed by atoms with Gasteiger partial charge in [0.05, 0.1) is 22.0 Å². The first kappa shape index (κ1) is 23.6. The van der Waals surface area contributed by atoms with E-state index in [1.807, 2.05) is 67.6 Å². The van der Waals surface area contributed by atoms with Gasteiger partial charge in [0, 0.05) is 34.9 Å². The largest absolute Gasteiger partial charge is 0.493 e. The number of hydrogen-bond acceptors (Lipinski definition) is 5. The van der Waals surface area contributed by atoms with Gasteiger partial charge in [-0.05, 0) is 68.3 Å². The smallest absolute Gasteiger partial charge is 0.213 e. The third kappa shape index (κ3) is 5.56. The van der Waals surface area contributed by atoms with Crippen molar-refractivity contribution in [1.29, 1.82) is 0 Å². The lowest BCUT2D eigenvalue weighted by molar-refractivity contribution is 0.301. The van der Waals surface area contributed by atoms with Crippen LogP contribution in [0.25, 0.3) is 0 Å². The molecule has 5 nitrogen and oxygen atoms in total. The van der Waals surface area contributed by atoms with Crippen molar-refractivity contribution in [1.82, 2.24) is 4.98 Å². The highest BCUT2D eigenvalue weighted by molar-refractivity contribution is 6.37. The molecule has 2 heterocycles. The fourth-order valence-electron chi connectivity index (χ4n) is 3.70. The number of allylic oxidation sites excluding steroid dienone is 3. The molecule has 0 radical (unpaired) electrons. The van der Waals surface area contributed by atoms with Crippen LogP contribution in [0.15, 0.2) is 100 Å². The number of halogens is 1. The van der Waals surface area contributed by atoms with E-state index in [4.69, 9.17) is 21.3 Å². The van der Waals surface area contributed by atoms with Gasteiger partial charge in [0.1, 0.15) is 12.4 Å². The number of aliphatic hydroxyl groups is 1. The predicted molar refractivity (Wildman–Crippen MR) is 144 cm³/mol. The van der Waals surface area contributed by atoms with Gasteiger partial charge in [-0.15, -0.1) is 0 Å². The van der Waals surface area contributed by atoms with Gasteiger partial charge in [0.2, 0.25) is 5.88 Å². The van der Waals surface area contributed by atoms with Crippen molar-refractivity contribution in [2.75, 3.05) is 0 Å². The van der Waals surface area contributed by atoms with Crippen LogP contribution in [-0.2, 0) is 6.61 Å². The van der Waals surface area contributed by atoms with Crippen molar-refractivity contribution in [2.45, 2.75) is 26.4 Å². The average Bonchev–Trinajstić information content (AvgIpc) is 3.74. The van der Waals surface area contributed by atoms with E-state index < -0.39 is 0 Å². The summed E-state index contributed by atoms with van der Waals surface area (Å²) in [5.74, 6) is 7.81. The fraction of sp³-hybridized carbons (Fsp3) is 0.167. The Kier molecular flexibility index (Phi) is 6.97. The van der Waals surface area contributed by atoms with E-state index in [1.165, 1.54) is 12.8 Å². The number of ether oxygens (including phenoxy) is 1. The van der Waals surface area contributed by atoms with Gasteiger partial charge in [-0.2, -0.15) is 4.99 Å². The Hall–Kier alpha value is -4.14. The maximum Gasteiger partial charge on any atom is 0.213 e. The summed E-state index contributed by atoms with van der Waals surface area (Å²) >= 11 is 6.69. The van der Waals surface area contributed by atoms with Gasteiger partial charge in [-0.1, -0.05) is 41.7 Å². The van der Waals surface area contributed by atoms with Crippen LogP contribution >= 0.6 is 11.6 Å². The van der Waals surface area contributed by atoms with Crippen LogP contribution in [0, 0.1) is 17.8 Å². The summed E-state index contributed by atoms with van der Waals surface area (Å²) in [6.45, 7) is 2.15. The second-order valence-corrected chi connectivity index (χ2v) is 8.89. The first-order chi connectivity index (χ1) is 17.6. The molecule has 0 saturated heterocycles. The number of aromatic nitrogens is 1. The summed E-state index contributed by atoms with van der Waals surface area (Å²) < 4.78 is 6.13. The second kappa shape index (κ2) is 10.6. The molecule has 0 atom stereocenters. The highest BCUT2D eigenvalue weighted by atomic mass is 35.5. The van der Waals surface area contributed by atoms with Gasteiger partial charge in [0.15, 0.2) is 5.84 Å². The molecule has 1 N–H and O–H groups in total. The standard InChI is InChI=1S/C30H24ClN3O2/c1-2-22-18-27(35)33-30(23-15-13-21(14-16-23)12-11-20-9-10-20)34-29(22)28-25(31)7-5-8-26(28)36-19-24-6-3-4-17-32-24/h2-8,13-18,20,35H,9-10,19H2,1H3/b22-2-. The van der Waals surface area contributed by atoms with Crippen molar-refractivity contribution in [3.63, 3.8) is 0 Å². The van der Waals surface area contributed by atoms with E-state index >= 15 is 0 Å². The van der Waals surface area contributed by atoms with E-state index in [9.17, 15) is 5.11 Å². The number of aliphatic imine (C=N–C) groups is 2. The van der Waals surface area contributed by atoms with Crippen LogP contribution in [0.3, 0.4) is 0 Å². The fourth-order valence-corrected chi connectivity index (χ4v) is 3.95. The molecule has 1 saturated carbocycles. The summed E-state index contributed by atoms with van der Waals surface area (Å²) in [6, 6.07) is 18.9. The Morgan fingerprint density at radius 2 is 1.89 bits per heavy atom. The Morgan fingerprint density at radius 3 is 2.61 bits per heavy atom. The minimum Gasteiger partial charge on any atom is -0.493 e. The normalized spacial score (nSPS) is 16.3. The van der Waals surface area contributed by atoms with Gasteiger partial charge in [0.25, 0.3) is 0 Å². The van der Waals surface area contributed by atoms with Gasteiger partial charge in [-0.3, -0.25) is 4.98 Å². The molecule has 1 aromatic heterocycles. The van der Waals surface area contributed by atoms with E-state index in [0.29, 0.717) is 39.4 Å². The molecule has 0 spiro atoms.